The van der Waals surface area contributed by atoms with Gasteiger partial charge in [0.15, 0.2) is 0 Å². The number of hydrogen-bond acceptors (Lipinski definition) is 4. The van der Waals surface area contributed by atoms with E-state index in [1.54, 1.807) is 0 Å². The van der Waals surface area contributed by atoms with Crippen molar-refractivity contribution in [2.45, 2.75) is 24.7 Å². The topological polar surface area (TPSA) is 53.9 Å². The number of hydrogen-bond donors (Lipinski definition) is 2. The van der Waals surface area contributed by atoms with Gasteiger partial charge in [-0.2, -0.15) is 0 Å². The van der Waals surface area contributed by atoms with Gasteiger partial charge in [-0.05, 0) is 32.1 Å². The van der Waals surface area contributed by atoms with Gasteiger partial charge in [0.05, 0.1) is 5.41 Å². The van der Waals surface area contributed by atoms with E-state index in [9.17, 15) is 0 Å². The summed E-state index contributed by atoms with van der Waals surface area (Å²) in [5.41, 5.74) is 0.0995. The molecule has 1 aliphatic rings. The van der Waals surface area contributed by atoms with Crippen molar-refractivity contribution in [3.63, 3.8) is 0 Å². The number of rotatable bonds is 3. The Morgan fingerprint density at radius 2 is 2.46 bits per heavy atom. The summed E-state index contributed by atoms with van der Waals surface area (Å²) in [6, 6.07) is 0. The van der Waals surface area contributed by atoms with E-state index in [1.165, 1.54) is 6.42 Å². The Morgan fingerprint density at radius 3 is 2.85 bits per heavy atom. The number of aromatic nitrogens is 2. The van der Waals surface area contributed by atoms with Crippen LogP contribution in [0.15, 0.2) is 4.42 Å². The molecule has 1 aliphatic carbocycles. The van der Waals surface area contributed by atoms with Crippen LogP contribution in [-0.2, 0) is 5.41 Å². The highest BCUT2D eigenvalue weighted by atomic mass is 32.1. The van der Waals surface area contributed by atoms with Crippen LogP contribution in [0.2, 0.25) is 0 Å². The molecule has 0 unspecified atom stereocenters. The molecule has 1 heterocycles. The minimum atomic E-state index is 0.0995. The lowest BCUT2D eigenvalue weighted by molar-refractivity contribution is 0.187. The van der Waals surface area contributed by atoms with Crippen LogP contribution in [0.4, 0.5) is 0 Å². The monoisotopic (exact) mass is 199 g/mol. The molecule has 0 atom stereocenters. The van der Waals surface area contributed by atoms with Gasteiger partial charge in [0.25, 0.3) is 4.84 Å². The second-order valence-corrected chi connectivity index (χ2v) is 3.95. The van der Waals surface area contributed by atoms with Crippen LogP contribution in [0, 0.1) is 4.84 Å². The second-order valence-electron chi connectivity index (χ2n) is 3.58. The van der Waals surface area contributed by atoms with E-state index in [0.29, 0.717) is 4.84 Å². The third-order valence-corrected chi connectivity index (χ3v) is 2.89. The van der Waals surface area contributed by atoms with E-state index in [2.05, 4.69) is 15.5 Å². The molecular weight excluding hydrogens is 186 g/mol. The molecule has 2 N–H and O–H groups in total. The molecule has 0 aromatic carbocycles. The third kappa shape index (κ3) is 1.42. The Balaban J connectivity index is 2.26. The Bertz CT molecular complexity index is 339. The average Bonchev–Trinajstić information content (AvgIpc) is 2.44. The fourth-order valence-corrected chi connectivity index (χ4v) is 1.99. The van der Waals surface area contributed by atoms with Gasteiger partial charge in [-0.15, -0.1) is 5.10 Å². The van der Waals surface area contributed by atoms with Crippen LogP contribution in [-0.4, -0.2) is 23.8 Å². The predicted octanol–water partition coefficient (Wildman–Crippen LogP) is 1.37. The van der Waals surface area contributed by atoms with Crippen LogP contribution in [0.1, 0.15) is 25.2 Å². The molecule has 1 aromatic rings. The van der Waals surface area contributed by atoms with Crippen molar-refractivity contribution in [2.75, 3.05) is 13.6 Å². The molecule has 0 amide bonds. The molecule has 13 heavy (non-hydrogen) atoms. The van der Waals surface area contributed by atoms with Gasteiger partial charge >= 0.3 is 0 Å². The highest BCUT2D eigenvalue weighted by molar-refractivity contribution is 7.71. The van der Waals surface area contributed by atoms with E-state index in [4.69, 9.17) is 16.6 Å². The zero-order valence-electron chi connectivity index (χ0n) is 7.59. The van der Waals surface area contributed by atoms with E-state index in [1.807, 2.05) is 7.05 Å². The molecule has 0 saturated heterocycles. The fourth-order valence-electron chi connectivity index (χ4n) is 1.86. The van der Waals surface area contributed by atoms with Crippen molar-refractivity contribution in [3.8, 4) is 0 Å². The molecule has 1 fully saturated rings. The molecule has 0 spiro atoms. The standard InChI is InChI=1S/C8H13N3OS/c1-9-5-8(3-2-4-8)6-10-11-7(13)12-6/h9H,2-5H2,1H3,(H,11,13). The van der Waals surface area contributed by atoms with Gasteiger partial charge in [-0.3, -0.25) is 0 Å². The Morgan fingerprint density at radius 1 is 1.69 bits per heavy atom. The normalized spacial score (nSPS) is 19.8. The molecule has 1 aromatic heterocycles. The van der Waals surface area contributed by atoms with E-state index >= 15 is 0 Å². The van der Waals surface area contributed by atoms with Crippen LogP contribution in [0.3, 0.4) is 0 Å². The van der Waals surface area contributed by atoms with Crippen LogP contribution in [0.5, 0.6) is 0 Å². The zero-order chi connectivity index (χ0) is 9.31. The fraction of sp³-hybridized carbons (Fsp3) is 0.750. The summed E-state index contributed by atoms with van der Waals surface area (Å²) in [7, 11) is 1.95. The van der Waals surface area contributed by atoms with Crippen molar-refractivity contribution < 1.29 is 4.42 Å². The van der Waals surface area contributed by atoms with Crippen LogP contribution >= 0.6 is 12.2 Å². The van der Waals surface area contributed by atoms with Gasteiger partial charge in [-0.25, -0.2) is 5.10 Å². The minimum absolute atomic E-state index is 0.0995. The number of nitrogens with zero attached hydrogens (tertiary/aromatic N) is 1. The maximum absolute atomic E-state index is 5.35. The number of aromatic amines is 1. The highest BCUT2D eigenvalue weighted by Gasteiger charge is 2.42. The summed E-state index contributed by atoms with van der Waals surface area (Å²) in [5, 5.41) is 9.93. The lowest BCUT2D eigenvalue weighted by Crippen LogP contribution is -2.43. The summed E-state index contributed by atoms with van der Waals surface area (Å²) in [4.78, 5) is 0.373. The van der Waals surface area contributed by atoms with Gasteiger partial charge in [0, 0.05) is 6.54 Å². The number of H-pyrrole nitrogens is 1. The quantitative estimate of drug-likeness (QED) is 0.722. The van der Waals surface area contributed by atoms with Gasteiger partial charge < -0.3 is 9.73 Å². The molecule has 1 saturated carbocycles. The first kappa shape index (κ1) is 8.90. The zero-order valence-corrected chi connectivity index (χ0v) is 8.41. The van der Waals surface area contributed by atoms with Crippen molar-refractivity contribution in [1.29, 1.82) is 0 Å². The van der Waals surface area contributed by atoms with E-state index in [-0.39, 0.29) is 5.41 Å². The van der Waals surface area contributed by atoms with Gasteiger partial charge in [0.2, 0.25) is 5.89 Å². The van der Waals surface area contributed by atoms with Crippen LogP contribution < -0.4 is 5.32 Å². The number of nitrogens with one attached hydrogen (secondary N) is 2. The Kier molecular flexibility index (Phi) is 2.21. The summed E-state index contributed by atoms with van der Waals surface area (Å²) in [6.07, 6.45) is 3.52. The summed E-state index contributed by atoms with van der Waals surface area (Å²) in [6.45, 7) is 0.913. The maximum Gasteiger partial charge on any atom is 0.284 e. The Hall–Kier alpha value is -0.680. The van der Waals surface area contributed by atoms with Crippen molar-refractivity contribution in [2.24, 2.45) is 0 Å². The van der Waals surface area contributed by atoms with Crippen molar-refractivity contribution in [1.82, 2.24) is 15.5 Å². The Labute approximate surface area is 81.7 Å². The molecule has 0 bridgehead atoms. The molecular formula is C8H13N3OS. The first-order valence-electron chi connectivity index (χ1n) is 4.47. The summed E-state index contributed by atoms with van der Waals surface area (Å²) < 4.78 is 5.35. The summed E-state index contributed by atoms with van der Waals surface area (Å²) >= 11 is 4.85. The predicted molar refractivity (Wildman–Crippen MR) is 51.1 cm³/mol. The largest absolute Gasteiger partial charge is 0.413 e. The smallest absolute Gasteiger partial charge is 0.284 e. The van der Waals surface area contributed by atoms with Gasteiger partial charge in [0.1, 0.15) is 0 Å². The van der Waals surface area contributed by atoms with Crippen molar-refractivity contribution in [3.05, 3.63) is 10.7 Å². The lowest BCUT2D eigenvalue weighted by Gasteiger charge is -2.38. The molecule has 4 nitrogen and oxygen atoms in total. The first-order valence-corrected chi connectivity index (χ1v) is 4.88. The maximum atomic E-state index is 5.35. The first-order chi connectivity index (χ1) is 6.27. The second kappa shape index (κ2) is 3.23. The molecule has 0 radical (unpaired) electrons. The van der Waals surface area contributed by atoms with Gasteiger partial charge in [-0.1, -0.05) is 6.42 Å². The summed E-state index contributed by atoms with van der Waals surface area (Å²) in [5.74, 6) is 0.762. The highest BCUT2D eigenvalue weighted by Crippen LogP contribution is 2.42. The molecule has 72 valence electrons. The molecule has 0 aliphatic heterocycles. The average molecular weight is 199 g/mol. The van der Waals surface area contributed by atoms with Crippen molar-refractivity contribution >= 4 is 12.2 Å². The number of likely N-dealkylation sites (N-methyl/N-ethyl adjacent to an activating group) is 1. The lowest BCUT2D eigenvalue weighted by atomic mass is 9.68. The third-order valence-electron chi connectivity index (χ3n) is 2.72. The molecule has 5 heteroatoms. The van der Waals surface area contributed by atoms with E-state index < -0.39 is 0 Å². The SMILES string of the molecule is CNCC1(c2n[nH]c(=S)o2)CCC1. The van der Waals surface area contributed by atoms with Crippen LogP contribution in [0.25, 0.3) is 0 Å². The minimum Gasteiger partial charge on any atom is -0.413 e. The van der Waals surface area contributed by atoms with E-state index in [0.717, 1.165) is 25.3 Å². The molecule has 2 rings (SSSR count).